The number of carbonyl (C=O) groups is 1. The number of nitrogens with zero attached hydrogens (tertiary/aromatic N) is 2. The Labute approximate surface area is 138 Å². The molecule has 5 heteroatoms. The second-order valence-electron chi connectivity index (χ2n) is 5.89. The topological polar surface area (TPSA) is 58.4 Å². The number of nitrogens with one attached hydrogen (secondary N) is 1. The van der Waals surface area contributed by atoms with Crippen LogP contribution in [0.5, 0.6) is 0 Å². The molecule has 0 aliphatic heterocycles. The van der Waals surface area contributed by atoms with Crippen molar-refractivity contribution in [3.05, 3.63) is 29.5 Å². The maximum atomic E-state index is 12.0. The summed E-state index contributed by atoms with van der Waals surface area (Å²) in [6.07, 6.45) is 2.38. The van der Waals surface area contributed by atoms with Crippen molar-refractivity contribution in [2.45, 2.75) is 40.0 Å². The molecule has 5 nitrogen and oxygen atoms in total. The van der Waals surface area contributed by atoms with Crippen LogP contribution in [0.25, 0.3) is 11.0 Å². The molecular formula is C18H27N3O2. The van der Waals surface area contributed by atoms with E-state index in [1.165, 1.54) is 0 Å². The number of aryl methyl sites for hydroxylation is 1. The summed E-state index contributed by atoms with van der Waals surface area (Å²) in [6, 6.07) is 5.89. The van der Waals surface area contributed by atoms with E-state index in [1.54, 1.807) is 0 Å². The minimum atomic E-state index is 0.00421. The zero-order valence-corrected chi connectivity index (χ0v) is 14.4. The van der Waals surface area contributed by atoms with E-state index >= 15 is 0 Å². The quantitative estimate of drug-likeness (QED) is 0.723. The smallest absolute Gasteiger partial charge is 0.226 e. The summed E-state index contributed by atoms with van der Waals surface area (Å²) in [7, 11) is 0. The van der Waals surface area contributed by atoms with E-state index in [-0.39, 0.29) is 12.3 Å². The Kier molecular flexibility index (Phi) is 6.59. The minimum absolute atomic E-state index is 0.00421. The van der Waals surface area contributed by atoms with Gasteiger partial charge in [0.15, 0.2) is 5.58 Å². The molecule has 126 valence electrons. The average molecular weight is 317 g/mol. The molecular weight excluding hydrogens is 290 g/mol. The number of hydrogen-bond donors (Lipinski definition) is 1. The monoisotopic (exact) mass is 317 g/mol. The van der Waals surface area contributed by atoms with E-state index in [0.717, 1.165) is 55.6 Å². The second kappa shape index (κ2) is 8.67. The number of benzene rings is 1. The Hall–Kier alpha value is -1.88. The van der Waals surface area contributed by atoms with Crippen LogP contribution in [0.4, 0.5) is 0 Å². The molecule has 1 amide bonds. The highest BCUT2D eigenvalue weighted by atomic mass is 16.5. The summed E-state index contributed by atoms with van der Waals surface area (Å²) in [5, 5.41) is 7.93. The van der Waals surface area contributed by atoms with Gasteiger partial charge in [-0.3, -0.25) is 4.79 Å². The van der Waals surface area contributed by atoms with E-state index in [1.807, 2.05) is 25.1 Å². The van der Waals surface area contributed by atoms with Gasteiger partial charge in [0.2, 0.25) is 5.91 Å². The number of unbranched alkanes of at least 4 members (excludes halogenated alkanes) is 1. The summed E-state index contributed by atoms with van der Waals surface area (Å²) in [4.78, 5) is 14.4. The lowest BCUT2D eigenvalue weighted by atomic mass is 10.1. The number of aromatic nitrogens is 1. The van der Waals surface area contributed by atoms with E-state index in [9.17, 15) is 4.79 Å². The fourth-order valence-corrected chi connectivity index (χ4v) is 2.67. The van der Waals surface area contributed by atoms with Crippen molar-refractivity contribution >= 4 is 16.9 Å². The molecule has 23 heavy (non-hydrogen) atoms. The Bertz CT molecular complexity index is 632. The first-order valence-electron chi connectivity index (χ1n) is 8.48. The van der Waals surface area contributed by atoms with Crippen molar-refractivity contribution in [2.75, 3.05) is 26.2 Å². The first kappa shape index (κ1) is 17.5. The number of amides is 1. The van der Waals surface area contributed by atoms with Gasteiger partial charge in [0.05, 0.1) is 6.42 Å². The largest absolute Gasteiger partial charge is 0.356 e. The van der Waals surface area contributed by atoms with Crippen LogP contribution in [-0.2, 0) is 11.2 Å². The van der Waals surface area contributed by atoms with E-state index in [0.29, 0.717) is 5.69 Å². The Morgan fingerprint density at radius 1 is 1.26 bits per heavy atom. The van der Waals surface area contributed by atoms with Crippen LogP contribution in [-0.4, -0.2) is 42.1 Å². The minimum Gasteiger partial charge on any atom is -0.356 e. The van der Waals surface area contributed by atoms with Crippen LogP contribution in [0.2, 0.25) is 0 Å². The SMILES string of the molecule is CCN(CC)CCCCNC(=O)Cc1noc2ccc(C)cc12. The molecule has 0 atom stereocenters. The van der Waals surface area contributed by atoms with Crippen molar-refractivity contribution in [3.8, 4) is 0 Å². The molecule has 0 saturated heterocycles. The maximum absolute atomic E-state index is 12.0. The van der Waals surface area contributed by atoms with Gasteiger partial charge in [-0.05, 0) is 51.5 Å². The lowest BCUT2D eigenvalue weighted by molar-refractivity contribution is -0.120. The highest BCUT2D eigenvalue weighted by Crippen LogP contribution is 2.20. The number of hydrogen-bond acceptors (Lipinski definition) is 4. The Morgan fingerprint density at radius 3 is 2.78 bits per heavy atom. The van der Waals surface area contributed by atoms with Crippen LogP contribution < -0.4 is 5.32 Å². The molecule has 0 radical (unpaired) electrons. The van der Waals surface area contributed by atoms with Crippen LogP contribution in [0.1, 0.15) is 37.9 Å². The lowest BCUT2D eigenvalue weighted by Crippen LogP contribution is -2.28. The van der Waals surface area contributed by atoms with E-state index in [4.69, 9.17) is 4.52 Å². The van der Waals surface area contributed by atoms with Gasteiger partial charge in [-0.25, -0.2) is 0 Å². The van der Waals surface area contributed by atoms with Crippen LogP contribution in [0.3, 0.4) is 0 Å². The number of carbonyl (C=O) groups excluding carboxylic acids is 1. The van der Waals surface area contributed by atoms with Gasteiger partial charge < -0.3 is 14.7 Å². The third-order valence-electron chi connectivity index (χ3n) is 4.15. The van der Waals surface area contributed by atoms with Crippen LogP contribution in [0, 0.1) is 6.92 Å². The van der Waals surface area contributed by atoms with Gasteiger partial charge in [-0.1, -0.05) is 30.6 Å². The molecule has 0 saturated carbocycles. The van der Waals surface area contributed by atoms with Crippen molar-refractivity contribution in [2.24, 2.45) is 0 Å². The van der Waals surface area contributed by atoms with Gasteiger partial charge in [0, 0.05) is 11.9 Å². The molecule has 1 aromatic heterocycles. The van der Waals surface area contributed by atoms with Crippen molar-refractivity contribution < 1.29 is 9.32 Å². The summed E-state index contributed by atoms with van der Waals surface area (Å²) < 4.78 is 5.26. The summed E-state index contributed by atoms with van der Waals surface area (Å²) >= 11 is 0. The molecule has 0 aliphatic rings. The summed E-state index contributed by atoms with van der Waals surface area (Å²) in [5.41, 5.74) is 2.58. The average Bonchev–Trinajstić information content (AvgIpc) is 2.93. The zero-order valence-electron chi connectivity index (χ0n) is 14.4. The molecule has 0 fully saturated rings. The third kappa shape index (κ3) is 5.06. The second-order valence-corrected chi connectivity index (χ2v) is 5.89. The normalized spacial score (nSPS) is 11.3. The predicted molar refractivity (Wildman–Crippen MR) is 92.5 cm³/mol. The van der Waals surface area contributed by atoms with Crippen LogP contribution >= 0.6 is 0 Å². The Balaban J connectivity index is 1.75. The highest BCUT2D eigenvalue weighted by Gasteiger charge is 2.12. The lowest BCUT2D eigenvalue weighted by Gasteiger charge is -2.17. The van der Waals surface area contributed by atoms with E-state index < -0.39 is 0 Å². The molecule has 1 heterocycles. The Morgan fingerprint density at radius 2 is 2.04 bits per heavy atom. The fourth-order valence-electron chi connectivity index (χ4n) is 2.67. The van der Waals surface area contributed by atoms with Gasteiger partial charge in [-0.15, -0.1) is 0 Å². The number of rotatable bonds is 9. The van der Waals surface area contributed by atoms with Crippen molar-refractivity contribution in [1.29, 1.82) is 0 Å². The van der Waals surface area contributed by atoms with Gasteiger partial charge in [0.25, 0.3) is 0 Å². The zero-order chi connectivity index (χ0) is 16.7. The van der Waals surface area contributed by atoms with Gasteiger partial charge in [-0.2, -0.15) is 0 Å². The van der Waals surface area contributed by atoms with E-state index in [2.05, 4.69) is 29.2 Å². The molecule has 1 N–H and O–H groups in total. The molecule has 0 unspecified atom stereocenters. The molecule has 2 rings (SSSR count). The molecule has 0 bridgehead atoms. The molecule has 2 aromatic rings. The molecule has 0 spiro atoms. The van der Waals surface area contributed by atoms with Gasteiger partial charge >= 0.3 is 0 Å². The standard InChI is InChI=1S/C18H27N3O2/c1-4-21(5-2)11-7-6-10-19-18(22)13-16-15-12-14(3)8-9-17(15)23-20-16/h8-9,12H,4-7,10-11,13H2,1-3H3,(H,19,22). The molecule has 1 aromatic carbocycles. The highest BCUT2D eigenvalue weighted by molar-refractivity contribution is 5.86. The van der Waals surface area contributed by atoms with Gasteiger partial charge in [0.1, 0.15) is 5.69 Å². The van der Waals surface area contributed by atoms with Crippen molar-refractivity contribution in [1.82, 2.24) is 15.4 Å². The van der Waals surface area contributed by atoms with Crippen molar-refractivity contribution in [3.63, 3.8) is 0 Å². The first-order valence-corrected chi connectivity index (χ1v) is 8.48. The number of fused-ring (bicyclic) bond motifs is 1. The maximum Gasteiger partial charge on any atom is 0.226 e. The first-order chi connectivity index (χ1) is 11.1. The summed E-state index contributed by atoms with van der Waals surface area (Å²) in [6.45, 7) is 10.4. The summed E-state index contributed by atoms with van der Waals surface area (Å²) in [5.74, 6) is 0.00421. The fraction of sp³-hybridized carbons (Fsp3) is 0.556. The molecule has 0 aliphatic carbocycles. The van der Waals surface area contributed by atoms with Crippen LogP contribution in [0.15, 0.2) is 22.7 Å². The predicted octanol–water partition coefficient (Wildman–Crippen LogP) is 2.92. The third-order valence-corrected chi connectivity index (χ3v) is 4.15.